The number of benzene rings is 3. The number of carbonyl (C=O) groups excluding carboxylic acids is 1. The number of hydrogen-bond donors (Lipinski definition) is 1. The Kier molecular flexibility index (Phi) is 5.03. The Morgan fingerprint density at radius 1 is 0.960 bits per heavy atom. The van der Waals surface area contributed by atoms with Gasteiger partial charge in [0.15, 0.2) is 6.61 Å². The average molecular weight is 333 g/mol. The van der Waals surface area contributed by atoms with E-state index in [0.29, 0.717) is 5.75 Å². The van der Waals surface area contributed by atoms with Gasteiger partial charge in [-0.25, -0.2) is 0 Å². The molecule has 3 nitrogen and oxygen atoms in total. The molecule has 0 aliphatic heterocycles. The van der Waals surface area contributed by atoms with Crippen LogP contribution in [-0.4, -0.2) is 12.5 Å². The number of ether oxygens (including phenoxy) is 1. The largest absolute Gasteiger partial charge is 0.484 e. The quantitative estimate of drug-likeness (QED) is 0.734. The van der Waals surface area contributed by atoms with E-state index in [2.05, 4.69) is 43.4 Å². The number of rotatable bonds is 5. The Balaban J connectivity index is 1.58. The Morgan fingerprint density at radius 3 is 2.48 bits per heavy atom. The van der Waals surface area contributed by atoms with Crippen molar-refractivity contribution in [3.8, 4) is 5.75 Å². The Morgan fingerprint density at radius 2 is 1.72 bits per heavy atom. The number of aryl methyl sites for hydroxylation is 2. The molecule has 25 heavy (non-hydrogen) atoms. The minimum absolute atomic E-state index is 0.00746. The van der Waals surface area contributed by atoms with Crippen molar-refractivity contribution in [2.75, 3.05) is 6.61 Å². The van der Waals surface area contributed by atoms with Crippen molar-refractivity contribution in [3.63, 3.8) is 0 Å². The van der Waals surface area contributed by atoms with Gasteiger partial charge in [-0.2, -0.15) is 0 Å². The first-order valence-electron chi connectivity index (χ1n) is 8.51. The maximum absolute atomic E-state index is 12.2. The van der Waals surface area contributed by atoms with Crippen LogP contribution < -0.4 is 10.1 Å². The molecule has 0 heterocycles. The summed E-state index contributed by atoms with van der Waals surface area (Å²) >= 11 is 0. The van der Waals surface area contributed by atoms with Gasteiger partial charge in [-0.3, -0.25) is 4.79 Å². The summed E-state index contributed by atoms with van der Waals surface area (Å²) in [4.78, 5) is 12.2. The molecule has 1 atom stereocenters. The van der Waals surface area contributed by atoms with E-state index in [1.165, 1.54) is 11.1 Å². The molecular formula is C22H23NO2. The molecule has 1 N–H and O–H groups in total. The normalized spacial score (nSPS) is 12.0. The summed E-state index contributed by atoms with van der Waals surface area (Å²) in [6, 6.07) is 20.1. The molecule has 1 amide bonds. The van der Waals surface area contributed by atoms with Crippen LogP contribution in [-0.2, 0) is 4.79 Å². The summed E-state index contributed by atoms with van der Waals surface area (Å²) in [6.07, 6.45) is 0. The number of carbonyl (C=O) groups is 1. The van der Waals surface area contributed by atoms with Crippen molar-refractivity contribution in [1.29, 1.82) is 0 Å². The third-order valence-electron chi connectivity index (χ3n) is 4.50. The third-order valence-corrected chi connectivity index (χ3v) is 4.50. The standard InChI is InChI=1S/C22H23NO2/c1-15-8-9-19(12-16(15)2)17(3)23-22(24)14-25-21-11-10-18-6-4-5-7-20(18)13-21/h4-13,17H,14H2,1-3H3,(H,23,24)/t17-/m0/s1. The lowest BCUT2D eigenvalue weighted by Crippen LogP contribution is -2.31. The maximum atomic E-state index is 12.2. The second-order valence-electron chi connectivity index (χ2n) is 6.43. The monoisotopic (exact) mass is 333 g/mol. The fourth-order valence-electron chi connectivity index (χ4n) is 2.81. The van der Waals surface area contributed by atoms with E-state index in [-0.39, 0.29) is 18.6 Å². The van der Waals surface area contributed by atoms with E-state index < -0.39 is 0 Å². The topological polar surface area (TPSA) is 38.3 Å². The fourth-order valence-corrected chi connectivity index (χ4v) is 2.81. The molecule has 0 aromatic heterocycles. The van der Waals surface area contributed by atoms with E-state index in [9.17, 15) is 4.79 Å². The molecule has 3 aromatic rings. The van der Waals surface area contributed by atoms with E-state index in [0.717, 1.165) is 16.3 Å². The lowest BCUT2D eigenvalue weighted by Gasteiger charge is -2.16. The number of nitrogens with one attached hydrogen (secondary N) is 1. The van der Waals surface area contributed by atoms with Crippen molar-refractivity contribution in [1.82, 2.24) is 5.32 Å². The van der Waals surface area contributed by atoms with Gasteiger partial charge in [-0.05, 0) is 60.4 Å². The van der Waals surface area contributed by atoms with Crippen LogP contribution in [0, 0.1) is 13.8 Å². The summed E-state index contributed by atoms with van der Waals surface area (Å²) in [7, 11) is 0. The summed E-state index contributed by atoms with van der Waals surface area (Å²) < 4.78 is 5.64. The highest BCUT2D eigenvalue weighted by molar-refractivity contribution is 5.84. The summed E-state index contributed by atoms with van der Waals surface area (Å²) in [5.74, 6) is 0.576. The smallest absolute Gasteiger partial charge is 0.258 e. The first-order chi connectivity index (χ1) is 12.0. The average Bonchev–Trinajstić information content (AvgIpc) is 2.62. The second-order valence-corrected chi connectivity index (χ2v) is 6.43. The molecule has 0 aliphatic carbocycles. The molecule has 0 aliphatic rings. The van der Waals surface area contributed by atoms with Gasteiger partial charge in [0.1, 0.15) is 5.75 Å². The highest BCUT2D eigenvalue weighted by atomic mass is 16.5. The maximum Gasteiger partial charge on any atom is 0.258 e. The van der Waals surface area contributed by atoms with Crippen LogP contribution in [0.1, 0.15) is 29.7 Å². The van der Waals surface area contributed by atoms with Crippen molar-refractivity contribution in [3.05, 3.63) is 77.4 Å². The first kappa shape index (κ1) is 17.0. The molecule has 0 saturated carbocycles. The molecule has 3 heteroatoms. The molecule has 0 unspecified atom stereocenters. The summed E-state index contributed by atoms with van der Waals surface area (Å²) in [5.41, 5.74) is 3.58. The minimum Gasteiger partial charge on any atom is -0.484 e. The molecule has 3 rings (SSSR count). The van der Waals surface area contributed by atoms with Crippen molar-refractivity contribution >= 4 is 16.7 Å². The van der Waals surface area contributed by atoms with Gasteiger partial charge in [0.2, 0.25) is 0 Å². The molecule has 0 fully saturated rings. The predicted octanol–water partition coefficient (Wildman–Crippen LogP) is 4.71. The zero-order valence-electron chi connectivity index (χ0n) is 14.9. The summed E-state index contributed by atoms with van der Waals surface area (Å²) in [5, 5.41) is 5.24. The van der Waals surface area contributed by atoms with Gasteiger partial charge in [-0.15, -0.1) is 0 Å². The van der Waals surface area contributed by atoms with Crippen LogP contribution in [0.15, 0.2) is 60.7 Å². The molecule has 0 saturated heterocycles. The Hall–Kier alpha value is -2.81. The SMILES string of the molecule is Cc1ccc([C@H](C)NC(=O)COc2ccc3ccccc3c2)cc1C. The zero-order valence-corrected chi connectivity index (χ0v) is 14.9. The van der Waals surface area contributed by atoms with Gasteiger partial charge in [0.05, 0.1) is 6.04 Å². The van der Waals surface area contributed by atoms with Crippen molar-refractivity contribution in [2.45, 2.75) is 26.8 Å². The van der Waals surface area contributed by atoms with Crippen LogP contribution in [0.3, 0.4) is 0 Å². The van der Waals surface area contributed by atoms with E-state index in [4.69, 9.17) is 4.74 Å². The number of fused-ring (bicyclic) bond motifs is 1. The van der Waals surface area contributed by atoms with Crippen LogP contribution in [0.2, 0.25) is 0 Å². The molecule has 3 aromatic carbocycles. The van der Waals surface area contributed by atoms with E-state index in [1.54, 1.807) is 0 Å². The van der Waals surface area contributed by atoms with Gasteiger partial charge in [-0.1, -0.05) is 48.5 Å². The lowest BCUT2D eigenvalue weighted by molar-refractivity contribution is -0.123. The second kappa shape index (κ2) is 7.39. The number of hydrogen-bond acceptors (Lipinski definition) is 2. The Labute approximate surface area is 148 Å². The summed E-state index contributed by atoms with van der Waals surface area (Å²) in [6.45, 7) is 6.15. The van der Waals surface area contributed by atoms with Gasteiger partial charge < -0.3 is 10.1 Å². The molecular weight excluding hydrogens is 310 g/mol. The van der Waals surface area contributed by atoms with Crippen LogP contribution in [0.4, 0.5) is 0 Å². The molecule has 0 bridgehead atoms. The van der Waals surface area contributed by atoms with Crippen LogP contribution in [0.25, 0.3) is 10.8 Å². The minimum atomic E-state index is -0.126. The molecule has 0 radical (unpaired) electrons. The molecule has 0 spiro atoms. The predicted molar refractivity (Wildman–Crippen MR) is 102 cm³/mol. The van der Waals surface area contributed by atoms with Gasteiger partial charge >= 0.3 is 0 Å². The van der Waals surface area contributed by atoms with Crippen molar-refractivity contribution < 1.29 is 9.53 Å². The third kappa shape index (κ3) is 4.18. The van der Waals surface area contributed by atoms with Crippen molar-refractivity contribution in [2.24, 2.45) is 0 Å². The Bertz CT molecular complexity index is 901. The first-order valence-corrected chi connectivity index (χ1v) is 8.51. The molecule has 128 valence electrons. The van der Waals surface area contributed by atoms with Crippen LogP contribution in [0.5, 0.6) is 5.75 Å². The van der Waals surface area contributed by atoms with Gasteiger partial charge in [0.25, 0.3) is 5.91 Å². The zero-order chi connectivity index (χ0) is 17.8. The van der Waals surface area contributed by atoms with Crippen LogP contribution >= 0.6 is 0 Å². The van der Waals surface area contributed by atoms with Gasteiger partial charge in [0, 0.05) is 0 Å². The van der Waals surface area contributed by atoms with E-state index >= 15 is 0 Å². The highest BCUT2D eigenvalue weighted by Gasteiger charge is 2.11. The number of amides is 1. The lowest BCUT2D eigenvalue weighted by atomic mass is 10.0. The highest BCUT2D eigenvalue weighted by Crippen LogP contribution is 2.21. The van der Waals surface area contributed by atoms with E-state index in [1.807, 2.05) is 43.3 Å². The fraction of sp³-hybridized carbons (Fsp3) is 0.227.